The van der Waals surface area contributed by atoms with E-state index in [9.17, 15) is 9.59 Å². The van der Waals surface area contributed by atoms with Crippen molar-refractivity contribution in [1.82, 2.24) is 0 Å². The van der Waals surface area contributed by atoms with E-state index in [1.165, 1.54) is 26.2 Å². The van der Waals surface area contributed by atoms with Crippen LogP contribution in [0.25, 0.3) is 0 Å². The lowest BCUT2D eigenvalue weighted by molar-refractivity contribution is -0.143. The molecule has 0 heterocycles. The first-order chi connectivity index (χ1) is 7.45. The van der Waals surface area contributed by atoms with Crippen LogP contribution in [0.4, 0.5) is 0 Å². The molecule has 1 unspecified atom stereocenters. The number of carbonyl (C=O) groups excluding carboxylic acids is 1. The van der Waals surface area contributed by atoms with Crippen LogP contribution < -0.4 is 0 Å². The van der Waals surface area contributed by atoms with Gasteiger partial charge in [-0.3, -0.25) is 9.59 Å². The fraction of sp³-hybridized carbons (Fsp3) is 0.833. The van der Waals surface area contributed by atoms with Gasteiger partial charge in [0.2, 0.25) is 0 Å². The van der Waals surface area contributed by atoms with Gasteiger partial charge in [0.1, 0.15) is 0 Å². The molecule has 94 valence electrons. The van der Waals surface area contributed by atoms with Gasteiger partial charge in [0.15, 0.2) is 10.5 Å². The Morgan fingerprint density at radius 2 is 1.62 bits per heavy atom. The van der Waals surface area contributed by atoms with Crippen LogP contribution in [-0.4, -0.2) is 21.6 Å². The molecule has 3 nitrogen and oxygen atoms in total. The summed E-state index contributed by atoms with van der Waals surface area (Å²) in [4.78, 5) is 22.1. The number of unbranched alkanes of at least 4 members (excludes halogenated alkanes) is 5. The Morgan fingerprint density at radius 3 is 2.06 bits per heavy atom. The molecule has 0 saturated heterocycles. The number of hydrogen-bond acceptors (Lipinski definition) is 3. The summed E-state index contributed by atoms with van der Waals surface area (Å²) in [6.07, 6.45) is 6.75. The Hall–Kier alpha value is -0.510. The Balaban J connectivity index is 3.88. The third-order valence-corrected chi connectivity index (χ3v) is 3.56. The third-order valence-electron chi connectivity index (χ3n) is 2.83. The fourth-order valence-electron chi connectivity index (χ4n) is 1.59. The second kappa shape index (κ2) is 7.71. The van der Waals surface area contributed by atoms with Crippen molar-refractivity contribution in [3.05, 3.63) is 0 Å². The summed E-state index contributed by atoms with van der Waals surface area (Å²) < 4.78 is -1.48. The Labute approximate surface area is 103 Å². The second-order valence-corrected chi connectivity index (χ2v) is 5.00. The number of ketones is 1. The van der Waals surface area contributed by atoms with Crippen molar-refractivity contribution in [2.75, 3.05) is 0 Å². The molecule has 0 spiro atoms. The van der Waals surface area contributed by atoms with E-state index in [2.05, 4.69) is 19.6 Å². The van der Waals surface area contributed by atoms with Crippen LogP contribution in [0, 0.1) is 0 Å². The zero-order chi connectivity index (χ0) is 12.6. The largest absolute Gasteiger partial charge is 0.480 e. The standard InChI is InChI=1S/C12H22O3S/c1-3-4-5-6-7-8-9-12(16,10(2)13)11(14)15/h16H,3-9H2,1-2H3,(H,14,15). The minimum absolute atomic E-state index is 0.326. The van der Waals surface area contributed by atoms with Crippen LogP contribution >= 0.6 is 12.6 Å². The summed E-state index contributed by atoms with van der Waals surface area (Å²) in [5.41, 5.74) is 0. The van der Waals surface area contributed by atoms with Gasteiger partial charge in [-0.25, -0.2) is 0 Å². The van der Waals surface area contributed by atoms with E-state index in [1.807, 2.05) is 0 Å². The van der Waals surface area contributed by atoms with Crippen LogP contribution in [0.2, 0.25) is 0 Å². The first-order valence-corrected chi connectivity index (χ1v) is 6.36. The van der Waals surface area contributed by atoms with Crippen LogP contribution in [0.15, 0.2) is 0 Å². The number of carbonyl (C=O) groups is 2. The van der Waals surface area contributed by atoms with Crippen LogP contribution in [-0.2, 0) is 9.59 Å². The normalized spacial score (nSPS) is 14.4. The van der Waals surface area contributed by atoms with E-state index in [-0.39, 0.29) is 5.78 Å². The van der Waals surface area contributed by atoms with Crippen molar-refractivity contribution in [3.8, 4) is 0 Å². The van der Waals surface area contributed by atoms with Gasteiger partial charge >= 0.3 is 5.97 Å². The molecule has 0 aliphatic rings. The summed E-state index contributed by atoms with van der Waals surface area (Å²) in [6.45, 7) is 3.44. The highest BCUT2D eigenvalue weighted by Gasteiger charge is 2.38. The third kappa shape index (κ3) is 5.01. The van der Waals surface area contributed by atoms with E-state index in [0.717, 1.165) is 19.3 Å². The molecule has 0 rings (SSSR count). The Bertz CT molecular complexity index is 224. The zero-order valence-electron chi connectivity index (χ0n) is 10.2. The lowest BCUT2D eigenvalue weighted by atomic mass is 9.96. The van der Waals surface area contributed by atoms with E-state index in [4.69, 9.17) is 5.11 Å². The summed E-state index contributed by atoms with van der Waals surface area (Å²) in [5, 5.41) is 8.95. The maximum atomic E-state index is 11.2. The molecule has 0 bridgehead atoms. The molecule has 16 heavy (non-hydrogen) atoms. The quantitative estimate of drug-likeness (QED) is 0.373. The molecule has 4 heteroatoms. The number of hydrogen-bond donors (Lipinski definition) is 2. The molecule has 0 aromatic carbocycles. The SMILES string of the molecule is CCCCCCCCC(S)(C(C)=O)C(=O)O. The molecule has 0 aromatic rings. The van der Waals surface area contributed by atoms with E-state index in [0.29, 0.717) is 6.42 Å². The maximum absolute atomic E-state index is 11.2. The van der Waals surface area contributed by atoms with E-state index in [1.54, 1.807) is 0 Å². The van der Waals surface area contributed by atoms with Crippen molar-refractivity contribution in [1.29, 1.82) is 0 Å². The second-order valence-electron chi connectivity index (χ2n) is 4.24. The van der Waals surface area contributed by atoms with Gasteiger partial charge in [-0.1, -0.05) is 45.4 Å². The molecule has 0 amide bonds. The molecule has 0 radical (unpaired) electrons. The predicted octanol–water partition coefficient (Wildman–Crippen LogP) is 3.08. The average molecular weight is 246 g/mol. The summed E-state index contributed by atoms with van der Waals surface area (Å²) >= 11 is 4.00. The first-order valence-electron chi connectivity index (χ1n) is 5.92. The van der Waals surface area contributed by atoms with Crippen molar-refractivity contribution in [2.24, 2.45) is 0 Å². The van der Waals surface area contributed by atoms with Gasteiger partial charge in [0.25, 0.3) is 0 Å². The molecule has 1 N–H and O–H groups in total. The number of rotatable bonds is 9. The Morgan fingerprint density at radius 1 is 1.12 bits per heavy atom. The molecule has 0 aliphatic heterocycles. The molecule has 0 aliphatic carbocycles. The molecule has 0 fully saturated rings. The number of aliphatic carboxylic acids is 1. The highest BCUT2D eigenvalue weighted by molar-refractivity contribution is 7.83. The highest BCUT2D eigenvalue weighted by Crippen LogP contribution is 2.24. The smallest absolute Gasteiger partial charge is 0.327 e. The monoisotopic (exact) mass is 246 g/mol. The number of carboxylic acid groups (broad SMARTS) is 1. The van der Waals surface area contributed by atoms with Gasteiger partial charge < -0.3 is 5.11 Å². The first kappa shape index (κ1) is 15.5. The van der Waals surface area contributed by atoms with Crippen molar-refractivity contribution < 1.29 is 14.7 Å². The lowest BCUT2D eigenvalue weighted by Gasteiger charge is -2.20. The fourth-order valence-corrected chi connectivity index (χ4v) is 1.75. The lowest BCUT2D eigenvalue weighted by Crippen LogP contribution is -2.39. The molecule has 0 aromatic heterocycles. The van der Waals surface area contributed by atoms with Gasteiger partial charge in [-0.05, 0) is 13.3 Å². The van der Waals surface area contributed by atoms with Crippen molar-refractivity contribution in [3.63, 3.8) is 0 Å². The highest BCUT2D eigenvalue weighted by atomic mass is 32.1. The minimum atomic E-state index is -1.48. The predicted molar refractivity (Wildman–Crippen MR) is 68.0 cm³/mol. The van der Waals surface area contributed by atoms with E-state index < -0.39 is 10.7 Å². The van der Waals surface area contributed by atoms with Gasteiger partial charge in [-0.2, -0.15) is 12.6 Å². The van der Waals surface area contributed by atoms with Gasteiger partial charge in [-0.15, -0.1) is 0 Å². The average Bonchev–Trinajstić information content (AvgIpc) is 2.22. The maximum Gasteiger partial charge on any atom is 0.327 e. The van der Waals surface area contributed by atoms with Gasteiger partial charge in [0.05, 0.1) is 0 Å². The molecular formula is C12H22O3S. The number of carboxylic acids is 1. The molecule has 1 atom stereocenters. The van der Waals surface area contributed by atoms with Gasteiger partial charge in [0, 0.05) is 0 Å². The Kier molecular flexibility index (Phi) is 7.47. The van der Waals surface area contributed by atoms with Crippen molar-refractivity contribution >= 4 is 24.4 Å². The van der Waals surface area contributed by atoms with E-state index >= 15 is 0 Å². The van der Waals surface area contributed by atoms with Crippen molar-refractivity contribution in [2.45, 2.75) is 63.5 Å². The minimum Gasteiger partial charge on any atom is -0.480 e. The summed E-state index contributed by atoms with van der Waals surface area (Å²) in [7, 11) is 0. The topological polar surface area (TPSA) is 54.4 Å². The van der Waals surface area contributed by atoms with Crippen LogP contribution in [0.5, 0.6) is 0 Å². The molecule has 0 saturated carbocycles. The molecular weight excluding hydrogens is 224 g/mol. The summed E-state index contributed by atoms with van der Waals surface area (Å²) in [5.74, 6) is -1.51. The summed E-state index contributed by atoms with van der Waals surface area (Å²) in [6, 6.07) is 0. The number of Topliss-reactive ketones (excluding diaryl/α,β-unsaturated/α-hetero) is 1. The zero-order valence-corrected chi connectivity index (χ0v) is 11.1. The van der Waals surface area contributed by atoms with Crippen LogP contribution in [0.1, 0.15) is 58.8 Å². The van der Waals surface area contributed by atoms with Crippen LogP contribution in [0.3, 0.4) is 0 Å². The number of thiol groups is 1.